The highest BCUT2D eigenvalue weighted by atomic mass is 32.1. The van der Waals surface area contributed by atoms with E-state index in [9.17, 15) is 18.4 Å². The lowest BCUT2D eigenvalue weighted by Gasteiger charge is -2.27. The summed E-state index contributed by atoms with van der Waals surface area (Å²) >= 11 is 0.974. The van der Waals surface area contributed by atoms with Gasteiger partial charge in [-0.15, -0.1) is 0 Å². The maximum Gasteiger partial charge on any atom is 0.188 e. The molecule has 2 aliphatic rings. The Morgan fingerprint density at radius 3 is 1.73 bits per heavy atom. The summed E-state index contributed by atoms with van der Waals surface area (Å²) in [5.74, 6) is -2.84. The Balaban J connectivity index is 1.23. The molecule has 220 valence electrons. The number of aromatic nitrogens is 3. The minimum Gasteiger partial charge on any atom is -0.311 e. The topological polar surface area (TPSA) is 88.4 Å². The molecule has 44 heavy (non-hydrogen) atoms. The molecule has 7 nitrogen and oxygen atoms in total. The Hall–Kier alpha value is -4.70. The van der Waals surface area contributed by atoms with Gasteiger partial charge < -0.3 is 4.90 Å². The second kappa shape index (κ2) is 11.1. The second-order valence-electron chi connectivity index (χ2n) is 11.4. The maximum atomic E-state index is 14.0. The Morgan fingerprint density at radius 2 is 1.20 bits per heavy atom. The fourth-order valence-electron chi connectivity index (χ4n) is 6.05. The molecule has 3 aromatic carbocycles. The first-order valence-corrected chi connectivity index (χ1v) is 15.1. The van der Waals surface area contributed by atoms with Crippen LogP contribution in [0.2, 0.25) is 0 Å². The van der Waals surface area contributed by atoms with E-state index in [0.717, 1.165) is 34.4 Å². The number of pyridine rings is 1. The van der Waals surface area contributed by atoms with Crippen molar-refractivity contribution < 1.29 is 18.4 Å². The molecule has 0 saturated heterocycles. The Labute approximate surface area is 256 Å². The van der Waals surface area contributed by atoms with Crippen LogP contribution in [0.3, 0.4) is 0 Å². The van der Waals surface area contributed by atoms with Crippen molar-refractivity contribution in [1.82, 2.24) is 13.7 Å². The number of Topliss-reactive ketones (excluding diaryl/α,β-unsaturated/α-hetero) is 2. The van der Waals surface area contributed by atoms with Gasteiger partial charge in [0.1, 0.15) is 29.1 Å². The number of halogens is 2. The van der Waals surface area contributed by atoms with Crippen molar-refractivity contribution in [3.8, 4) is 11.3 Å². The number of fused-ring (bicyclic) bond motifs is 2. The van der Waals surface area contributed by atoms with Gasteiger partial charge in [0.15, 0.2) is 17.3 Å². The van der Waals surface area contributed by atoms with Crippen molar-refractivity contribution in [1.29, 1.82) is 0 Å². The molecule has 4 atom stereocenters. The minimum absolute atomic E-state index is 0.225. The van der Waals surface area contributed by atoms with E-state index in [2.05, 4.69) is 86.0 Å². The molecule has 2 aliphatic carbocycles. The molecule has 0 amide bonds. The number of carbonyl (C=O) groups is 2. The number of hydrogen-bond donors (Lipinski definition) is 0. The summed E-state index contributed by atoms with van der Waals surface area (Å²) in [5.41, 5.74) is 7.58. The van der Waals surface area contributed by atoms with Crippen molar-refractivity contribution in [3.63, 3.8) is 0 Å². The van der Waals surface area contributed by atoms with E-state index >= 15 is 0 Å². The molecule has 5 aromatic rings. The van der Waals surface area contributed by atoms with Gasteiger partial charge in [0, 0.05) is 34.5 Å². The average Bonchev–Trinajstić information content (AvgIpc) is 3.60. The zero-order valence-electron chi connectivity index (χ0n) is 23.9. The Kier molecular flexibility index (Phi) is 7.08. The standard InChI is InChI=1S/C34H27F2N5O2S/c1-18-3-9-21(10-4-18)41(22-11-5-19(2)6-12-22)23-13-7-20(8-14-23)29-31-30(39-44-40-31)28(17-37-29)38-32-33(42)24-15-26(35)27(36)16-25(24)34(32)43/h3-14,17,24-27H,15-16H2,1-2H3. The van der Waals surface area contributed by atoms with Crippen LogP contribution in [0.15, 0.2) is 84.0 Å². The molecule has 2 saturated carbocycles. The molecule has 0 N–H and O–H groups in total. The summed E-state index contributed by atoms with van der Waals surface area (Å²) in [7, 11) is 0. The zero-order valence-corrected chi connectivity index (χ0v) is 24.8. The third kappa shape index (κ3) is 4.89. The Morgan fingerprint density at radius 1 is 0.727 bits per heavy atom. The summed E-state index contributed by atoms with van der Waals surface area (Å²) in [4.78, 5) is 37.1. The van der Waals surface area contributed by atoms with Crippen molar-refractivity contribution >= 4 is 62.8 Å². The summed E-state index contributed by atoms with van der Waals surface area (Å²) < 4.78 is 36.8. The lowest BCUT2D eigenvalue weighted by Crippen LogP contribution is -2.35. The summed E-state index contributed by atoms with van der Waals surface area (Å²) in [6, 6.07) is 24.7. The lowest BCUT2D eigenvalue weighted by molar-refractivity contribution is -0.123. The summed E-state index contributed by atoms with van der Waals surface area (Å²) in [6.45, 7) is 4.12. The number of anilines is 3. The highest BCUT2D eigenvalue weighted by molar-refractivity contribution is 7.00. The van der Waals surface area contributed by atoms with E-state index in [1.54, 1.807) is 0 Å². The molecule has 0 spiro atoms. The molecular formula is C34H27F2N5O2S. The van der Waals surface area contributed by atoms with Crippen LogP contribution >= 0.6 is 11.7 Å². The predicted molar refractivity (Wildman–Crippen MR) is 168 cm³/mol. The van der Waals surface area contributed by atoms with E-state index in [-0.39, 0.29) is 24.2 Å². The monoisotopic (exact) mass is 607 g/mol. The van der Waals surface area contributed by atoms with Crippen molar-refractivity contribution in [2.24, 2.45) is 16.8 Å². The van der Waals surface area contributed by atoms with Crippen molar-refractivity contribution in [3.05, 3.63) is 90.1 Å². The van der Waals surface area contributed by atoms with Gasteiger partial charge in [-0.1, -0.05) is 47.5 Å². The molecule has 0 bridgehead atoms. The Bertz CT molecular complexity index is 1850. The number of aryl methyl sites for hydroxylation is 2. The van der Waals surface area contributed by atoms with Crippen LogP contribution in [0, 0.1) is 25.7 Å². The van der Waals surface area contributed by atoms with Crippen molar-refractivity contribution in [2.75, 3.05) is 4.90 Å². The second-order valence-corrected chi connectivity index (χ2v) is 11.9. The van der Waals surface area contributed by atoms with Gasteiger partial charge >= 0.3 is 0 Å². The summed E-state index contributed by atoms with van der Waals surface area (Å²) in [5, 5.41) is 0. The highest BCUT2D eigenvalue weighted by Crippen LogP contribution is 2.41. The van der Waals surface area contributed by atoms with Gasteiger partial charge in [-0.05, 0) is 63.1 Å². The fraction of sp³-hybridized carbons (Fsp3) is 0.235. The molecular weight excluding hydrogens is 580 g/mol. The van der Waals surface area contributed by atoms with Gasteiger partial charge in [-0.2, -0.15) is 8.75 Å². The molecule has 10 heteroatoms. The molecule has 7 rings (SSSR count). The highest BCUT2D eigenvalue weighted by Gasteiger charge is 2.52. The van der Waals surface area contributed by atoms with Gasteiger partial charge in [-0.3, -0.25) is 14.6 Å². The van der Waals surface area contributed by atoms with E-state index < -0.39 is 35.7 Å². The van der Waals surface area contributed by atoms with Crippen LogP contribution in [-0.2, 0) is 9.59 Å². The van der Waals surface area contributed by atoms with Gasteiger partial charge in [-0.25, -0.2) is 13.8 Å². The first-order valence-electron chi connectivity index (χ1n) is 14.4. The lowest BCUT2D eigenvalue weighted by atomic mass is 9.79. The number of benzene rings is 3. The van der Waals surface area contributed by atoms with Crippen LogP contribution in [0.5, 0.6) is 0 Å². The van der Waals surface area contributed by atoms with E-state index in [1.807, 2.05) is 24.3 Å². The molecule has 2 fully saturated rings. The van der Waals surface area contributed by atoms with Crippen LogP contribution in [0.1, 0.15) is 24.0 Å². The molecule has 0 radical (unpaired) electrons. The van der Waals surface area contributed by atoms with E-state index in [1.165, 1.54) is 17.3 Å². The third-order valence-electron chi connectivity index (χ3n) is 8.46. The van der Waals surface area contributed by atoms with Crippen LogP contribution < -0.4 is 4.90 Å². The van der Waals surface area contributed by atoms with E-state index in [0.29, 0.717) is 16.7 Å². The number of aliphatic imine (C=N–C) groups is 1. The number of nitrogens with zero attached hydrogens (tertiary/aromatic N) is 5. The van der Waals surface area contributed by atoms with E-state index in [4.69, 9.17) is 0 Å². The summed E-state index contributed by atoms with van der Waals surface area (Å²) in [6.07, 6.45) is -2.66. The van der Waals surface area contributed by atoms with Gasteiger partial charge in [0.2, 0.25) is 0 Å². The first kappa shape index (κ1) is 28.1. The number of hydrogen-bond acceptors (Lipinski definition) is 8. The van der Waals surface area contributed by atoms with Gasteiger partial charge in [0.05, 0.1) is 23.6 Å². The fourth-order valence-corrected chi connectivity index (χ4v) is 6.61. The van der Waals surface area contributed by atoms with Crippen LogP contribution in [0.25, 0.3) is 22.3 Å². The quantitative estimate of drug-likeness (QED) is 0.203. The zero-order chi connectivity index (χ0) is 30.5. The smallest absolute Gasteiger partial charge is 0.188 e. The van der Waals surface area contributed by atoms with Crippen LogP contribution in [-0.4, -0.2) is 43.4 Å². The molecule has 0 aliphatic heterocycles. The predicted octanol–water partition coefficient (Wildman–Crippen LogP) is 7.77. The average molecular weight is 608 g/mol. The third-order valence-corrected chi connectivity index (χ3v) is 8.99. The largest absolute Gasteiger partial charge is 0.311 e. The maximum absolute atomic E-state index is 14.0. The molecule has 2 aromatic heterocycles. The SMILES string of the molecule is Cc1ccc(N(c2ccc(C)cc2)c2ccc(-c3ncc(N=C4C(=O)C5CC(F)C(F)CC5C4=O)c4nsnc34)cc2)cc1. The van der Waals surface area contributed by atoms with Gasteiger partial charge in [0.25, 0.3) is 0 Å². The molecule has 2 heterocycles. The number of carbonyl (C=O) groups excluding carboxylic acids is 2. The number of ketones is 2. The first-order chi connectivity index (χ1) is 21.3. The number of alkyl halides is 2. The minimum atomic E-state index is -1.75. The van der Waals surface area contributed by atoms with Crippen molar-refractivity contribution in [2.45, 2.75) is 39.0 Å². The van der Waals surface area contributed by atoms with Crippen LogP contribution in [0.4, 0.5) is 31.5 Å². The molecule has 4 unspecified atom stereocenters. The normalized spacial score (nSPS) is 21.5. The number of rotatable bonds is 5.